The van der Waals surface area contributed by atoms with Gasteiger partial charge in [0.1, 0.15) is 0 Å². The summed E-state index contributed by atoms with van der Waals surface area (Å²) in [5, 5.41) is 2.84. The first-order valence-electron chi connectivity index (χ1n) is 6.32. The molecule has 1 aromatic heterocycles. The predicted octanol–water partition coefficient (Wildman–Crippen LogP) is 2.81. The van der Waals surface area contributed by atoms with Gasteiger partial charge >= 0.3 is 0 Å². The summed E-state index contributed by atoms with van der Waals surface area (Å²) < 4.78 is 2.05. The Labute approximate surface area is 113 Å². The van der Waals surface area contributed by atoms with Gasteiger partial charge in [-0.15, -0.1) is 0 Å². The van der Waals surface area contributed by atoms with Crippen LogP contribution in [0.1, 0.15) is 23.9 Å². The summed E-state index contributed by atoms with van der Waals surface area (Å²) in [5.41, 5.74) is 7.59. The number of hydrogen-bond acceptors (Lipinski definition) is 2. The van der Waals surface area contributed by atoms with E-state index in [1.165, 1.54) is 6.92 Å². The van der Waals surface area contributed by atoms with E-state index in [1.807, 2.05) is 28.9 Å². The molecule has 0 fully saturated rings. The number of amides is 1. The fourth-order valence-electron chi connectivity index (χ4n) is 2.07. The van der Waals surface area contributed by atoms with Gasteiger partial charge in [-0.25, -0.2) is 0 Å². The van der Waals surface area contributed by atoms with Crippen molar-refractivity contribution in [1.29, 1.82) is 0 Å². The molecular formula is C15H19N3O. The van der Waals surface area contributed by atoms with Crippen molar-refractivity contribution in [2.75, 3.05) is 10.7 Å². The Hall–Kier alpha value is -2.23. The molecule has 0 aliphatic rings. The van der Waals surface area contributed by atoms with Crippen molar-refractivity contribution >= 4 is 11.6 Å². The molecule has 19 heavy (non-hydrogen) atoms. The number of carbonyl (C=O) groups excluding carboxylic acids is 1. The summed E-state index contributed by atoms with van der Waals surface area (Å²) >= 11 is 0. The van der Waals surface area contributed by atoms with Crippen LogP contribution in [0.4, 0.5) is 5.69 Å². The van der Waals surface area contributed by atoms with Crippen molar-refractivity contribution in [2.24, 2.45) is 0 Å². The molecule has 0 aliphatic carbocycles. The third kappa shape index (κ3) is 3.16. The summed E-state index contributed by atoms with van der Waals surface area (Å²) in [6, 6.07) is 11.9. The molecule has 2 rings (SSSR count). The number of aromatic nitrogens is 1. The van der Waals surface area contributed by atoms with Crippen LogP contribution in [0.3, 0.4) is 0 Å². The average Bonchev–Trinajstić information content (AvgIpc) is 2.68. The van der Waals surface area contributed by atoms with E-state index in [2.05, 4.69) is 36.7 Å². The minimum Gasteiger partial charge on any atom is -0.326 e. The zero-order chi connectivity index (χ0) is 13.8. The highest BCUT2D eigenvalue weighted by Gasteiger charge is 2.04. The van der Waals surface area contributed by atoms with Crippen molar-refractivity contribution in [1.82, 2.24) is 4.68 Å². The van der Waals surface area contributed by atoms with E-state index < -0.39 is 0 Å². The van der Waals surface area contributed by atoms with Crippen LogP contribution in [0.15, 0.2) is 36.4 Å². The first-order chi connectivity index (χ1) is 9.08. The van der Waals surface area contributed by atoms with E-state index in [0.29, 0.717) is 6.54 Å². The van der Waals surface area contributed by atoms with Crippen LogP contribution in [0.2, 0.25) is 0 Å². The van der Waals surface area contributed by atoms with Crippen molar-refractivity contribution in [2.45, 2.75) is 27.3 Å². The van der Waals surface area contributed by atoms with Gasteiger partial charge in [-0.3, -0.25) is 9.47 Å². The standard InChI is InChI=1S/C15H19N3O/c1-11-8-9-12(2)18(11)16-10-14-6-4-5-7-15(14)17-13(3)19/h4-9,16H,10H2,1-3H3,(H,17,19). The highest BCUT2D eigenvalue weighted by Crippen LogP contribution is 2.15. The quantitative estimate of drug-likeness (QED) is 0.884. The molecule has 1 amide bonds. The van der Waals surface area contributed by atoms with Crippen LogP contribution in [-0.2, 0) is 11.3 Å². The molecule has 0 bridgehead atoms. The van der Waals surface area contributed by atoms with Gasteiger partial charge in [-0.05, 0) is 37.6 Å². The van der Waals surface area contributed by atoms with Gasteiger partial charge in [0.15, 0.2) is 0 Å². The van der Waals surface area contributed by atoms with Crippen molar-refractivity contribution in [3.8, 4) is 0 Å². The Morgan fingerprint density at radius 1 is 1.11 bits per heavy atom. The van der Waals surface area contributed by atoms with Crippen molar-refractivity contribution < 1.29 is 4.79 Å². The normalized spacial score (nSPS) is 10.3. The zero-order valence-corrected chi connectivity index (χ0v) is 11.5. The van der Waals surface area contributed by atoms with E-state index in [9.17, 15) is 4.79 Å². The zero-order valence-electron chi connectivity index (χ0n) is 11.5. The van der Waals surface area contributed by atoms with Crippen LogP contribution in [0, 0.1) is 13.8 Å². The molecule has 0 unspecified atom stereocenters. The van der Waals surface area contributed by atoms with Gasteiger partial charge in [-0.2, -0.15) is 0 Å². The molecular weight excluding hydrogens is 238 g/mol. The van der Waals surface area contributed by atoms with E-state index in [0.717, 1.165) is 22.6 Å². The number of carbonyl (C=O) groups is 1. The van der Waals surface area contributed by atoms with Gasteiger partial charge in [0, 0.05) is 24.0 Å². The molecule has 1 aromatic carbocycles. The lowest BCUT2D eigenvalue weighted by atomic mass is 10.2. The Morgan fingerprint density at radius 3 is 2.37 bits per heavy atom. The largest absolute Gasteiger partial charge is 0.326 e. The lowest BCUT2D eigenvalue weighted by Gasteiger charge is -2.15. The number of para-hydroxylation sites is 1. The second-order valence-corrected chi connectivity index (χ2v) is 4.62. The predicted molar refractivity (Wildman–Crippen MR) is 77.7 cm³/mol. The fraction of sp³-hybridized carbons (Fsp3) is 0.267. The lowest BCUT2D eigenvalue weighted by Crippen LogP contribution is -2.18. The number of rotatable bonds is 4. The molecule has 0 saturated carbocycles. The first kappa shape index (κ1) is 13.2. The van der Waals surface area contributed by atoms with Gasteiger partial charge in [0.2, 0.25) is 5.91 Å². The SMILES string of the molecule is CC(=O)Nc1ccccc1CNn1c(C)ccc1C. The molecule has 0 spiro atoms. The smallest absolute Gasteiger partial charge is 0.221 e. The second kappa shape index (κ2) is 5.61. The first-order valence-corrected chi connectivity index (χ1v) is 6.32. The Bertz CT molecular complexity index is 567. The monoisotopic (exact) mass is 257 g/mol. The number of nitrogens with zero attached hydrogens (tertiary/aromatic N) is 1. The highest BCUT2D eigenvalue weighted by molar-refractivity contribution is 5.89. The molecule has 100 valence electrons. The van der Waals surface area contributed by atoms with Crippen LogP contribution >= 0.6 is 0 Å². The number of hydrogen-bond donors (Lipinski definition) is 2. The van der Waals surface area contributed by atoms with Gasteiger partial charge in [-0.1, -0.05) is 18.2 Å². The number of anilines is 1. The molecule has 2 N–H and O–H groups in total. The lowest BCUT2D eigenvalue weighted by molar-refractivity contribution is -0.114. The Balaban J connectivity index is 2.13. The van der Waals surface area contributed by atoms with Gasteiger partial charge in [0.05, 0.1) is 6.54 Å². The Morgan fingerprint density at radius 2 is 1.74 bits per heavy atom. The van der Waals surface area contributed by atoms with Crippen LogP contribution in [0.25, 0.3) is 0 Å². The van der Waals surface area contributed by atoms with Crippen LogP contribution in [0.5, 0.6) is 0 Å². The molecule has 4 heteroatoms. The summed E-state index contributed by atoms with van der Waals surface area (Å²) in [6.45, 7) is 6.29. The number of nitrogens with one attached hydrogen (secondary N) is 2. The molecule has 0 atom stereocenters. The molecule has 0 saturated heterocycles. The van der Waals surface area contributed by atoms with E-state index in [4.69, 9.17) is 0 Å². The topological polar surface area (TPSA) is 46.1 Å². The minimum absolute atomic E-state index is 0.0548. The minimum atomic E-state index is -0.0548. The summed E-state index contributed by atoms with van der Waals surface area (Å²) in [7, 11) is 0. The second-order valence-electron chi connectivity index (χ2n) is 4.62. The van der Waals surface area contributed by atoms with Crippen molar-refractivity contribution in [3.05, 3.63) is 53.3 Å². The Kier molecular flexibility index (Phi) is 3.90. The van der Waals surface area contributed by atoms with E-state index >= 15 is 0 Å². The average molecular weight is 257 g/mol. The van der Waals surface area contributed by atoms with Gasteiger partial charge in [0.25, 0.3) is 0 Å². The maximum absolute atomic E-state index is 11.2. The number of aryl methyl sites for hydroxylation is 2. The highest BCUT2D eigenvalue weighted by atomic mass is 16.1. The number of benzene rings is 1. The third-order valence-corrected chi connectivity index (χ3v) is 3.03. The van der Waals surface area contributed by atoms with Crippen LogP contribution < -0.4 is 10.7 Å². The summed E-state index contributed by atoms with van der Waals surface area (Å²) in [6.07, 6.45) is 0. The molecule has 4 nitrogen and oxygen atoms in total. The van der Waals surface area contributed by atoms with Crippen LogP contribution in [-0.4, -0.2) is 10.6 Å². The molecule has 2 aromatic rings. The molecule has 1 heterocycles. The van der Waals surface area contributed by atoms with E-state index in [-0.39, 0.29) is 5.91 Å². The molecule has 0 aliphatic heterocycles. The van der Waals surface area contributed by atoms with E-state index in [1.54, 1.807) is 0 Å². The summed E-state index contributed by atoms with van der Waals surface area (Å²) in [5.74, 6) is -0.0548. The maximum Gasteiger partial charge on any atom is 0.221 e. The third-order valence-electron chi connectivity index (χ3n) is 3.03. The maximum atomic E-state index is 11.2. The summed E-state index contributed by atoms with van der Waals surface area (Å²) in [4.78, 5) is 11.2. The van der Waals surface area contributed by atoms with Gasteiger partial charge < -0.3 is 10.7 Å². The van der Waals surface area contributed by atoms with Crippen molar-refractivity contribution in [3.63, 3.8) is 0 Å². The fourth-order valence-corrected chi connectivity index (χ4v) is 2.07. The molecule has 0 radical (unpaired) electrons.